The molecule has 0 aromatic heterocycles. The zero-order chi connectivity index (χ0) is 40.4. The van der Waals surface area contributed by atoms with Crippen molar-refractivity contribution < 1.29 is 27.9 Å². The summed E-state index contributed by atoms with van der Waals surface area (Å²) >= 11 is 16.8. The molecule has 1 N–H and O–H groups in total. The summed E-state index contributed by atoms with van der Waals surface area (Å²) in [5.41, 5.74) is 9.82. The number of fused-ring (bicyclic) bond motifs is 3. The van der Waals surface area contributed by atoms with Crippen LogP contribution in [-0.4, -0.2) is 28.6 Å². The monoisotopic (exact) mass is 1080 g/mol. The van der Waals surface area contributed by atoms with E-state index in [1.165, 1.54) is 23.8 Å². The summed E-state index contributed by atoms with van der Waals surface area (Å²) in [6.07, 6.45) is 6.00. The number of ketones is 2. The molecule has 0 fully saturated rings. The van der Waals surface area contributed by atoms with Crippen molar-refractivity contribution in [3.63, 3.8) is 0 Å². The van der Waals surface area contributed by atoms with Gasteiger partial charge in [-0.15, -0.1) is 0 Å². The van der Waals surface area contributed by atoms with Crippen molar-refractivity contribution in [2.75, 3.05) is 11.9 Å². The van der Waals surface area contributed by atoms with Gasteiger partial charge in [-0.05, 0) is 144 Å². The van der Waals surface area contributed by atoms with Crippen LogP contribution in [0.3, 0.4) is 0 Å². The lowest BCUT2D eigenvalue weighted by atomic mass is 9.69. The highest BCUT2D eigenvalue weighted by atomic mass is 79.9. The fourth-order valence-electron chi connectivity index (χ4n) is 7.31. The Bertz CT molecular complexity index is 2190. The predicted molar refractivity (Wildman–Crippen MR) is 236 cm³/mol. The van der Waals surface area contributed by atoms with Crippen LogP contribution in [0.5, 0.6) is 0 Å². The smallest absolute Gasteiger partial charge is 0.169 e. The Hall–Kier alpha value is -2.41. The van der Waals surface area contributed by atoms with Crippen LogP contribution in [-0.2, 0) is 49.2 Å². The second-order valence-electron chi connectivity index (χ2n) is 13.9. The van der Waals surface area contributed by atoms with Gasteiger partial charge >= 0.3 is 0 Å². The Morgan fingerprint density at radius 3 is 1.95 bits per heavy atom. The van der Waals surface area contributed by atoms with Crippen molar-refractivity contribution in [1.82, 2.24) is 0 Å². The third-order valence-corrected chi connectivity index (χ3v) is 12.8. The Morgan fingerprint density at radius 1 is 0.589 bits per heavy atom. The van der Waals surface area contributed by atoms with E-state index in [-0.39, 0.29) is 41.0 Å². The average molecular weight is 1090 g/mol. The van der Waals surface area contributed by atoms with E-state index in [0.29, 0.717) is 23.7 Å². The predicted octanol–water partition coefficient (Wildman–Crippen LogP) is 13.0. The van der Waals surface area contributed by atoms with Gasteiger partial charge in [-0.25, -0.2) is 13.2 Å². The molecule has 1 atom stereocenters. The standard InChI is InChI=1S/C18H14BrFO.C9H9Br2F.C9H10BrFO.C9H7BrO/c19-14-3-1-13-10-18(17(21)16(13)8-14)6-5-11-7-15(20)4-2-12(11)9-18;10-4-3-7-5-9(12)2-1-8(7)6-11;10-6-7-1-2-9(11)8(5-7)3-4-12;10-7-3-1-6-2-4-9(11)8(6)5-7/h1-4,7-8H,5-6,9-10H2;1-2,5H,3-4,6H2;1-2,5,12H,3-4,6H2;1,3,5H,2,4H2. The second-order valence-corrected chi connectivity index (χ2v) is 17.7. The van der Waals surface area contributed by atoms with Crippen molar-refractivity contribution >= 4 is 91.2 Å². The van der Waals surface area contributed by atoms with Gasteiger partial charge in [-0.2, -0.15) is 0 Å². The summed E-state index contributed by atoms with van der Waals surface area (Å²) in [5, 5.41) is 11.0. The minimum absolute atomic E-state index is 0.0113. The van der Waals surface area contributed by atoms with Crippen LogP contribution in [0.15, 0.2) is 99.9 Å². The first-order valence-electron chi connectivity index (χ1n) is 18.2. The third-order valence-electron chi connectivity index (χ3n) is 10.2. The zero-order valence-electron chi connectivity index (χ0n) is 30.4. The Morgan fingerprint density at radius 2 is 1.25 bits per heavy atom. The summed E-state index contributed by atoms with van der Waals surface area (Å²) in [6.45, 7) is -0.0113. The normalized spacial score (nSPS) is 16.1. The maximum absolute atomic E-state index is 13.3. The maximum atomic E-state index is 13.3. The molecular weight excluding hydrogens is 1050 g/mol. The van der Waals surface area contributed by atoms with E-state index in [1.807, 2.05) is 48.5 Å². The summed E-state index contributed by atoms with van der Waals surface area (Å²) in [6, 6.07) is 26.7. The number of rotatable bonds is 6. The van der Waals surface area contributed by atoms with E-state index in [9.17, 15) is 22.8 Å². The number of aliphatic hydroxyl groups is 1. The number of carbonyl (C=O) groups is 2. The molecule has 0 amide bonds. The molecule has 3 aliphatic rings. The van der Waals surface area contributed by atoms with Gasteiger partial charge in [0.15, 0.2) is 11.6 Å². The highest BCUT2D eigenvalue weighted by Gasteiger charge is 2.47. The number of aliphatic hydroxyl groups excluding tert-OH is 1. The molecule has 0 aliphatic heterocycles. The Kier molecular flexibility index (Phi) is 16.8. The van der Waals surface area contributed by atoms with Crippen LogP contribution >= 0.6 is 79.6 Å². The largest absolute Gasteiger partial charge is 0.396 e. The Balaban J connectivity index is 0.000000150. The number of alkyl halides is 3. The van der Waals surface area contributed by atoms with Crippen molar-refractivity contribution in [2.24, 2.45) is 5.41 Å². The van der Waals surface area contributed by atoms with Gasteiger partial charge in [-0.3, -0.25) is 9.59 Å². The summed E-state index contributed by atoms with van der Waals surface area (Å²) in [7, 11) is 0. The first-order chi connectivity index (χ1) is 26.9. The van der Waals surface area contributed by atoms with Gasteiger partial charge in [0.25, 0.3) is 0 Å². The number of hydrogen-bond acceptors (Lipinski definition) is 3. The van der Waals surface area contributed by atoms with Gasteiger partial charge in [0, 0.05) is 54.5 Å². The molecule has 0 radical (unpaired) electrons. The van der Waals surface area contributed by atoms with Crippen LogP contribution in [0, 0.1) is 22.9 Å². The molecule has 5 aromatic rings. The lowest BCUT2D eigenvalue weighted by Gasteiger charge is -2.33. The van der Waals surface area contributed by atoms with Gasteiger partial charge < -0.3 is 5.11 Å². The van der Waals surface area contributed by atoms with E-state index in [1.54, 1.807) is 24.3 Å². The third kappa shape index (κ3) is 11.4. The molecule has 56 heavy (non-hydrogen) atoms. The molecule has 0 saturated carbocycles. The fourth-order valence-corrected chi connectivity index (χ4v) is 9.35. The Labute approximate surface area is 368 Å². The molecule has 1 unspecified atom stereocenters. The summed E-state index contributed by atoms with van der Waals surface area (Å²) < 4.78 is 41.0. The molecule has 0 saturated heterocycles. The highest BCUT2D eigenvalue weighted by Crippen LogP contribution is 2.46. The molecular formula is C45H40Br5F3O3. The molecule has 8 rings (SSSR count). The first-order valence-corrected chi connectivity index (χ1v) is 23.1. The zero-order valence-corrected chi connectivity index (χ0v) is 38.4. The van der Waals surface area contributed by atoms with Crippen LogP contribution in [0.25, 0.3) is 0 Å². The van der Waals surface area contributed by atoms with Crippen molar-refractivity contribution in [3.8, 4) is 0 Å². The molecule has 3 nitrogen and oxygen atoms in total. The molecule has 294 valence electrons. The van der Waals surface area contributed by atoms with Crippen LogP contribution in [0.2, 0.25) is 0 Å². The number of benzene rings is 5. The minimum atomic E-state index is -0.312. The lowest BCUT2D eigenvalue weighted by Crippen LogP contribution is -2.34. The number of carbonyl (C=O) groups excluding carboxylic acids is 2. The highest BCUT2D eigenvalue weighted by molar-refractivity contribution is 9.11. The van der Waals surface area contributed by atoms with Crippen molar-refractivity contribution in [2.45, 2.75) is 62.0 Å². The van der Waals surface area contributed by atoms with Crippen LogP contribution < -0.4 is 0 Å². The van der Waals surface area contributed by atoms with E-state index in [4.69, 9.17) is 5.11 Å². The van der Waals surface area contributed by atoms with E-state index < -0.39 is 0 Å². The van der Waals surface area contributed by atoms with Gasteiger partial charge in [-0.1, -0.05) is 116 Å². The van der Waals surface area contributed by atoms with Crippen LogP contribution in [0.1, 0.15) is 78.1 Å². The van der Waals surface area contributed by atoms with Gasteiger partial charge in [0.2, 0.25) is 0 Å². The molecule has 3 aliphatic carbocycles. The molecule has 5 aromatic carbocycles. The SMILES string of the molecule is Fc1ccc(CBr)c(CCBr)c1.O=C1CCc2ccc(Br)cc21.O=C1c2cc(Br)ccc2CC12CCc1cc(F)ccc1C2.OCCc1cc(CBr)ccc1F. The second kappa shape index (κ2) is 21.0. The average Bonchev–Trinajstić information content (AvgIpc) is 3.68. The van der Waals surface area contributed by atoms with Crippen molar-refractivity contribution in [3.05, 3.63) is 173 Å². The number of Topliss-reactive ketones (excluding diaryl/α,β-unsaturated/α-hetero) is 2. The molecule has 11 heteroatoms. The molecule has 1 spiro atoms. The fraction of sp³-hybridized carbons (Fsp3) is 0.289. The summed E-state index contributed by atoms with van der Waals surface area (Å²) in [5.74, 6) is -0.0471. The topological polar surface area (TPSA) is 54.4 Å². The first kappa shape index (κ1) is 44.7. The molecule has 0 bridgehead atoms. The van der Waals surface area contributed by atoms with Crippen LogP contribution in [0.4, 0.5) is 13.2 Å². The number of aryl methyl sites for hydroxylation is 3. The minimum Gasteiger partial charge on any atom is -0.396 e. The van der Waals surface area contributed by atoms with E-state index in [2.05, 4.69) is 79.6 Å². The number of halogens is 8. The van der Waals surface area contributed by atoms with Gasteiger partial charge in [0.1, 0.15) is 17.5 Å². The maximum Gasteiger partial charge on any atom is 0.169 e. The van der Waals surface area contributed by atoms with E-state index >= 15 is 0 Å². The molecule has 0 heterocycles. The van der Waals surface area contributed by atoms with Crippen molar-refractivity contribution in [1.29, 1.82) is 0 Å². The lowest BCUT2D eigenvalue weighted by molar-refractivity contribution is 0.0794. The van der Waals surface area contributed by atoms with Gasteiger partial charge in [0.05, 0.1) is 0 Å². The van der Waals surface area contributed by atoms with E-state index in [0.717, 1.165) is 103 Å². The quantitative estimate of drug-likeness (QED) is 0.172. The number of hydrogen-bond donors (Lipinski definition) is 1. The summed E-state index contributed by atoms with van der Waals surface area (Å²) in [4.78, 5) is 24.1.